The van der Waals surface area contributed by atoms with Crippen LogP contribution in [0.25, 0.3) is 22.2 Å². The molecule has 0 aliphatic carbocycles. The van der Waals surface area contributed by atoms with Crippen molar-refractivity contribution in [2.24, 2.45) is 0 Å². The second kappa shape index (κ2) is 6.64. The van der Waals surface area contributed by atoms with E-state index in [1.54, 1.807) is 4.68 Å². The smallest absolute Gasteiger partial charge is 0.142 e. The molecule has 0 radical (unpaired) electrons. The van der Waals surface area contributed by atoms with Crippen LogP contribution in [-0.4, -0.2) is 15.0 Å². The summed E-state index contributed by atoms with van der Waals surface area (Å²) in [6.07, 6.45) is 0. The molecule has 1 heterocycles. The monoisotopic (exact) mass is 315 g/mol. The Morgan fingerprint density at radius 1 is 0.750 bits per heavy atom. The van der Waals surface area contributed by atoms with Crippen molar-refractivity contribution in [1.29, 1.82) is 0 Å². The summed E-state index contributed by atoms with van der Waals surface area (Å²) in [4.78, 5) is 0. The molecule has 0 aliphatic rings. The van der Waals surface area contributed by atoms with Gasteiger partial charge in [-0.1, -0.05) is 71.9 Å². The first-order valence-electron chi connectivity index (χ1n) is 7.90. The summed E-state index contributed by atoms with van der Waals surface area (Å²) in [7, 11) is 0. The van der Waals surface area contributed by atoms with Crippen LogP contribution in [0.2, 0.25) is 0 Å². The number of benzene rings is 3. The first-order valence-corrected chi connectivity index (χ1v) is 7.90. The van der Waals surface area contributed by atoms with E-state index in [1.165, 1.54) is 11.1 Å². The van der Waals surface area contributed by atoms with E-state index in [0.29, 0.717) is 13.3 Å². The van der Waals surface area contributed by atoms with Crippen molar-refractivity contribution < 1.29 is 4.74 Å². The van der Waals surface area contributed by atoms with E-state index >= 15 is 0 Å². The molecule has 0 fully saturated rings. The molecule has 24 heavy (non-hydrogen) atoms. The van der Waals surface area contributed by atoms with Gasteiger partial charge < -0.3 is 4.74 Å². The molecule has 0 saturated carbocycles. The largest absolute Gasteiger partial charge is 0.354 e. The van der Waals surface area contributed by atoms with Gasteiger partial charge in [0, 0.05) is 0 Å². The topological polar surface area (TPSA) is 39.9 Å². The number of hydrogen-bond donors (Lipinski definition) is 0. The molecule has 0 atom stereocenters. The lowest BCUT2D eigenvalue weighted by molar-refractivity contribution is 0.0577. The fraction of sp³-hybridized carbons (Fsp3) is 0.100. The van der Waals surface area contributed by atoms with Gasteiger partial charge in [0.1, 0.15) is 12.2 Å². The predicted molar refractivity (Wildman–Crippen MR) is 94.2 cm³/mol. The Balaban J connectivity index is 1.39. The lowest BCUT2D eigenvalue weighted by atomic mass is 10.0. The van der Waals surface area contributed by atoms with Crippen molar-refractivity contribution in [2.75, 3.05) is 0 Å². The van der Waals surface area contributed by atoms with Gasteiger partial charge in [0.25, 0.3) is 0 Å². The highest BCUT2D eigenvalue weighted by Gasteiger charge is 2.03. The van der Waals surface area contributed by atoms with Crippen LogP contribution in [0.5, 0.6) is 0 Å². The number of para-hydroxylation sites is 1. The highest BCUT2D eigenvalue weighted by atomic mass is 16.5. The lowest BCUT2D eigenvalue weighted by Gasteiger charge is -2.06. The standard InChI is InChI=1S/C20H17N3O/c1-2-6-17(7-3-1)18-12-10-16(11-13-18)14-24-15-23-20-9-5-4-8-19(20)21-22-23/h1-13H,14-15H2. The van der Waals surface area contributed by atoms with Crippen molar-refractivity contribution in [3.63, 3.8) is 0 Å². The van der Waals surface area contributed by atoms with E-state index in [9.17, 15) is 0 Å². The molecule has 4 aromatic rings. The van der Waals surface area contributed by atoms with Crippen molar-refractivity contribution in [2.45, 2.75) is 13.3 Å². The first-order chi connectivity index (χ1) is 11.9. The van der Waals surface area contributed by atoms with Crippen molar-refractivity contribution >= 4 is 11.0 Å². The van der Waals surface area contributed by atoms with Gasteiger partial charge >= 0.3 is 0 Å². The minimum atomic E-state index is 0.390. The number of aromatic nitrogens is 3. The molecular formula is C20H17N3O. The van der Waals surface area contributed by atoms with Crippen LogP contribution >= 0.6 is 0 Å². The van der Waals surface area contributed by atoms with E-state index in [2.05, 4.69) is 58.8 Å². The maximum absolute atomic E-state index is 5.78. The number of hydrogen-bond acceptors (Lipinski definition) is 3. The fourth-order valence-corrected chi connectivity index (χ4v) is 2.69. The van der Waals surface area contributed by atoms with Crippen molar-refractivity contribution in [3.05, 3.63) is 84.4 Å². The van der Waals surface area contributed by atoms with Gasteiger partial charge in [-0.3, -0.25) is 0 Å². The molecule has 0 bridgehead atoms. The Bertz CT molecular complexity index is 930. The van der Waals surface area contributed by atoms with Crippen LogP contribution in [0.3, 0.4) is 0 Å². The number of rotatable bonds is 5. The van der Waals surface area contributed by atoms with E-state index in [4.69, 9.17) is 4.74 Å². The molecule has 4 rings (SSSR count). The minimum Gasteiger partial charge on any atom is -0.354 e. The summed E-state index contributed by atoms with van der Waals surface area (Å²) in [6, 6.07) is 26.7. The molecule has 3 aromatic carbocycles. The van der Waals surface area contributed by atoms with Gasteiger partial charge in [0.15, 0.2) is 0 Å². The third kappa shape index (κ3) is 3.05. The zero-order valence-corrected chi connectivity index (χ0v) is 13.2. The van der Waals surface area contributed by atoms with E-state index in [1.807, 2.05) is 30.3 Å². The third-order valence-corrected chi connectivity index (χ3v) is 3.96. The SMILES string of the molecule is c1ccc(-c2ccc(COCn3nnc4ccccc43)cc2)cc1. The zero-order valence-electron chi connectivity index (χ0n) is 13.2. The minimum absolute atomic E-state index is 0.390. The first kappa shape index (κ1) is 14.6. The quantitative estimate of drug-likeness (QED) is 0.552. The molecule has 0 unspecified atom stereocenters. The second-order valence-corrected chi connectivity index (χ2v) is 5.62. The molecule has 4 heteroatoms. The van der Waals surface area contributed by atoms with Crippen LogP contribution in [-0.2, 0) is 18.1 Å². The summed E-state index contributed by atoms with van der Waals surface area (Å²) in [5.74, 6) is 0. The average molecular weight is 315 g/mol. The summed E-state index contributed by atoms with van der Waals surface area (Å²) >= 11 is 0. The second-order valence-electron chi connectivity index (χ2n) is 5.62. The maximum atomic E-state index is 5.78. The van der Waals surface area contributed by atoms with Crippen LogP contribution in [0.1, 0.15) is 5.56 Å². The van der Waals surface area contributed by atoms with Crippen molar-refractivity contribution in [1.82, 2.24) is 15.0 Å². The van der Waals surface area contributed by atoms with Crippen LogP contribution in [0, 0.1) is 0 Å². The van der Waals surface area contributed by atoms with Gasteiger partial charge in [-0.15, -0.1) is 5.10 Å². The van der Waals surface area contributed by atoms with Gasteiger partial charge in [0.05, 0.1) is 12.1 Å². The Kier molecular flexibility index (Phi) is 4.04. The summed E-state index contributed by atoms with van der Waals surface area (Å²) in [5, 5.41) is 8.24. The molecule has 0 N–H and O–H groups in total. The molecular weight excluding hydrogens is 298 g/mol. The van der Waals surface area contributed by atoms with Crippen molar-refractivity contribution in [3.8, 4) is 11.1 Å². The Hall–Kier alpha value is -2.98. The normalized spacial score (nSPS) is 11.0. The number of ether oxygens (including phenoxy) is 1. The zero-order chi connectivity index (χ0) is 16.2. The summed E-state index contributed by atoms with van der Waals surface area (Å²) in [6.45, 7) is 0.935. The van der Waals surface area contributed by atoms with E-state index < -0.39 is 0 Å². The maximum Gasteiger partial charge on any atom is 0.142 e. The molecule has 0 aliphatic heterocycles. The Morgan fingerprint density at radius 3 is 2.29 bits per heavy atom. The van der Waals surface area contributed by atoms with Gasteiger partial charge in [-0.25, -0.2) is 4.68 Å². The third-order valence-electron chi connectivity index (χ3n) is 3.96. The number of nitrogens with zero attached hydrogens (tertiary/aromatic N) is 3. The molecule has 0 spiro atoms. The Labute approximate surface area is 140 Å². The highest BCUT2D eigenvalue weighted by molar-refractivity contribution is 5.73. The van der Waals surface area contributed by atoms with Crippen LogP contribution in [0.4, 0.5) is 0 Å². The van der Waals surface area contributed by atoms with E-state index in [-0.39, 0.29) is 0 Å². The van der Waals surface area contributed by atoms with Gasteiger partial charge in [-0.2, -0.15) is 0 Å². The van der Waals surface area contributed by atoms with Gasteiger partial charge in [0.2, 0.25) is 0 Å². The van der Waals surface area contributed by atoms with E-state index in [0.717, 1.165) is 16.6 Å². The number of fused-ring (bicyclic) bond motifs is 1. The van der Waals surface area contributed by atoms with Gasteiger partial charge in [-0.05, 0) is 28.8 Å². The van der Waals surface area contributed by atoms with Crippen LogP contribution in [0.15, 0.2) is 78.9 Å². The molecule has 0 saturated heterocycles. The average Bonchev–Trinajstić information content (AvgIpc) is 3.06. The highest BCUT2D eigenvalue weighted by Crippen LogP contribution is 2.19. The fourth-order valence-electron chi connectivity index (χ4n) is 2.69. The predicted octanol–water partition coefficient (Wildman–Crippen LogP) is 4.27. The Morgan fingerprint density at radius 2 is 1.46 bits per heavy atom. The molecule has 0 amide bonds. The lowest BCUT2D eigenvalue weighted by Crippen LogP contribution is -2.04. The van der Waals surface area contributed by atoms with Crippen LogP contribution < -0.4 is 0 Å². The molecule has 1 aromatic heterocycles. The summed E-state index contributed by atoms with van der Waals surface area (Å²) in [5.41, 5.74) is 5.44. The molecule has 118 valence electrons. The summed E-state index contributed by atoms with van der Waals surface area (Å²) < 4.78 is 7.55. The molecule has 4 nitrogen and oxygen atoms in total.